The molecule has 1 saturated heterocycles. The molecule has 1 atom stereocenters. The smallest absolute Gasteiger partial charge is 0.305 e. The van der Waals surface area contributed by atoms with Gasteiger partial charge in [0, 0.05) is 45.7 Å². The lowest BCUT2D eigenvalue weighted by molar-refractivity contribution is -0.137. The number of ether oxygens (including phenoxy) is 1. The quantitative estimate of drug-likeness (QED) is 0.296. The van der Waals surface area contributed by atoms with Crippen LogP contribution in [0.3, 0.4) is 0 Å². The highest BCUT2D eigenvalue weighted by atomic mass is 16.5. The van der Waals surface area contributed by atoms with Crippen LogP contribution in [0, 0.1) is 0 Å². The highest BCUT2D eigenvalue weighted by molar-refractivity contribution is 5.98. The summed E-state index contributed by atoms with van der Waals surface area (Å²) in [7, 11) is 2.03. The van der Waals surface area contributed by atoms with Crippen molar-refractivity contribution in [2.75, 3.05) is 37.0 Å². The van der Waals surface area contributed by atoms with Crippen LogP contribution in [0.2, 0.25) is 0 Å². The van der Waals surface area contributed by atoms with E-state index in [9.17, 15) is 19.5 Å². The Morgan fingerprint density at radius 3 is 2.61 bits per heavy atom. The maximum Gasteiger partial charge on any atom is 0.305 e. The van der Waals surface area contributed by atoms with E-state index in [-0.39, 0.29) is 31.3 Å². The summed E-state index contributed by atoms with van der Waals surface area (Å²) >= 11 is 0. The van der Waals surface area contributed by atoms with E-state index in [4.69, 9.17) is 4.74 Å². The van der Waals surface area contributed by atoms with Crippen molar-refractivity contribution in [3.8, 4) is 11.1 Å². The fourth-order valence-electron chi connectivity index (χ4n) is 4.89. The van der Waals surface area contributed by atoms with Gasteiger partial charge in [-0.05, 0) is 66.3 Å². The number of amides is 2. The van der Waals surface area contributed by atoms with Crippen molar-refractivity contribution in [2.45, 2.75) is 51.7 Å². The number of carbonyl (C=O) groups is 3. The van der Waals surface area contributed by atoms with Gasteiger partial charge in [-0.15, -0.1) is 0 Å². The van der Waals surface area contributed by atoms with E-state index in [1.807, 2.05) is 49.5 Å². The molecule has 1 aliphatic rings. The predicted molar refractivity (Wildman–Crippen MR) is 159 cm³/mol. The molecule has 0 spiro atoms. The number of pyridine rings is 1. The van der Waals surface area contributed by atoms with E-state index < -0.39 is 12.1 Å². The largest absolute Gasteiger partial charge is 0.481 e. The van der Waals surface area contributed by atoms with E-state index in [2.05, 4.69) is 22.1 Å². The van der Waals surface area contributed by atoms with Gasteiger partial charge in [-0.2, -0.15) is 0 Å². The van der Waals surface area contributed by atoms with Gasteiger partial charge in [-0.3, -0.25) is 19.4 Å². The third-order valence-corrected chi connectivity index (χ3v) is 7.16. The number of benzene rings is 2. The molecule has 1 fully saturated rings. The Kier molecular flexibility index (Phi) is 10.5. The van der Waals surface area contributed by atoms with Gasteiger partial charge in [0.15, 0.2) is 0 Å². The van der Waals surface area contributed by atoms with Gasteiger partial charge in [0.25, 0.3) is 11.8 Å². The van der Waals surface area contributed by atoms with Crippen LogP contribution in [0.15, 0.2) is 67.0 Å². The number of nitrogens with zero attached hydrogens (tertiary/aromatic N) is 3. The second kappa shape index (κ2) is 14.4. The second-order valence-electron chi connectivity index (χ2n) is 10.3. The molecule has 0 bridgehead atoms. The Bertz CT molecular complexity index is 1340. The fourth-order valence-corrected chi connectivity index (χ4v) is 4.89. The average Bonchev–Trinajstić information content (AvgIpc) is 3.54. The number of aromatic nitrogens is 1. The lowest BCUT2D eigenvalue weighted by Crippen LogP contribution is -2.32. The minimum atomic E-state index is -0.968. The first-order chi connectivity index (χ1) is 19.9. The van der Waals surface area contributed by atoms with E-state index in [1.54, 1.807) is 18.3 Å². The van der Waals surface area contributed by atoms with E-state index in [1.165, 1.54) is 11.1 Å². The second-order valence-corrected chi connectivity index (χ2v) is 10.3. The maximum absolute atomic E-state index is 13.2. The number of nitrogens with one attached hydrogen (secondary N) is 1. The number of rotatable bonds is 13. The molecule has 1 aromatic heterocycles. The zero-order valence-corrected chi connectivity index (χ0v) is 23.7. The number of carboxylic acids is 1. The summed E-state index contributed by atoms with van der Waals surface area (Å²) in [6, 6.07) is 17.2. The summed E-state index contributed by atoms with van der Waals surface area (Å²) < 4.78 is 5.61. The molecule has 2 amide bonds. The molecule has 2 heterocycles. The van der Waals surface area contributed by atoms with Crippen molar-refractivity contribution in [2.24, 2.45) is 0 Å². The fraction of sp³-hybridized carbons (Fsp3) is 0.375. The Hall–Kier alpha value is -4.24. The van der Waals surface area contributed by atoms with Gasteiger partial charge in [0.05, 0.1) is 23.4 Å². The van der Waals surface area contributed by atoms with Crippen LogP contribution >= 0.6 is 0 Å². The molecule has 1 unspecified atom stereocenters. The first kappa shape index (κ1) is 29.7. The third-order valence-electron chi connectivity index (χ3n) is 7.16. The summed E-state index contributed by atoms with van der Waals surface area (Å²) in [5, 5.41) is 12.4. The van der Waals surface area contributed by atoms with Crippen molar-refractivity contribution < 1.29 is 24.2 Å². The highest BCUT2D eigenvalue weighted by Gasteiger charge is 2.25. The van der Waals surface area contributed by atoms with E-state index >= 15 is 0 Å². The molecule has 9 heteroatoms. The monoisotopic (exact) mass is 558 g/mol. The van der Waals surface area contributed by atoms with Crippen molar-refractivity contribution in [1.29, 1.82) is 0 Å². The minimum Gasteiger partial charge on any atom is -0.481 e. The molecule has 9 nitrogen and oxygen atoms in total. The topological polar surface area (TPSA) is 112 Å². The molecule has 1 aliphatic heterocycles. The van der Waals surface area contributed by atoms with Crippen LogP contribution in [0.4, 0.5) is 11.4 Å². The number of hydrogen-bond donors (Lipinski definition) is 2. The lowest BCUT2D eigenvalue weighted by Gasteiger charge is -2.24. The summed E-state index contributed by atoms with van der Waals surface area (Å²) in [6.45, 7) is 3.93. The highest BCUT2D eigenvalue weighted by Crippen LogP contribution is 2.32. The van der Waals surface area contributed by atoms with Crippen LogP contribution in [-0.4, -0.2) is 65.6 Å². The number of carbonyl (C=O) groups excluding carboxylic acids is 2. The van der Waals surface area contributed by atoms with Gasteiger partial charge in [0.2, 0.25) is 0 Å². The minimum absolute atomic E-state index is 0.0749. The first-order valence-corrected chi connectivity index (χ1v) is 14.1. The zero-order chi connectivity index (χ0) is 29.2. The van der Waals surface area contributed by atoms with Crippen molar-refractivity contribution in [3.05, 3.63) is 78.1 Å². The molecular formula is C32H38N4O5. The predicted octanol–water partition coefficient (Wildman–Crippen LogP) is 5.22. The van der Waals surface area contributed by atoms with Gasteiger partial charge in [0.1, 0.15) is 6.10 Å². The maximum atomic E-state index is 13.2. The van der Waals surface area contributed by atoms with Crippen LogP contribution in [-0.2, 0) is 20.9 Å². The first-order valence-electron chi connectivity index (χ1n) is 14.1. The molecule has 0 saturated carbocycles. The molecule has 0 aliphatic carbocycles. The zero-order valence-electron chi connectivity index (χ0n) is 23.7. The third kappa shape index (κ3) is 8.14. The summed E-state index contributed by atoms with van der Waals surface area (Å²) in [5.74, 6) is -1.38. The van der Waals surface area contributed by atoms with E-state index in [0.29, 0.717) is 18.6 Å². The lowest BCUT2D eigenvalue weighted by atomic mass is 10.0. The Morgan fingerprint density at radius 1 is 1.07 bits per heavy atom. The van der Waals surface area contributed by atoms with Crippen LogP contribution in [0.1, 0.15) is 54.9 Å². The number of carboxylic acid groups (broad SMARTS) is 1. The number of hydrogen-bond acceptors (Lipinski definition) is 6. The van der Waals surface area contributed by atoms with Crippen LogP contribution < -0.4 is 10.2 Å². The molecule has 216 valence electrons. The van der Waals surface area contributed by atoms with Gasteiger partial charge < -0.3 is 25.0 Å². The summed E-state index contributed by atoms with van der Waals surface area (Å²) in [5.41, 5.74) is 4.76. The Morgan fingerprint density at radius 2 is 1.90 bits per heavy atom. The Labute approximate surface area is 241 Å². The molecular weight excluding hydrogens is 520 g/mol. The standard InChI is InChI=1S/C32H38N4O5/c1-3-4-16-35(2)28-13-12-25(20-27(28)34-31(39)29-11-7-18-41-29)24-9-5-8-23(19-24)22-36(17-14-30(37)38)32(40)26-10-6-15-33-21-26/h5-6,8-10,12-13,15,19-21,29H,3-4,7,11,14,16-18,22H2,1-2H3,(H,34,39)(H,37,38). The average molecular weight is 559 g/mol. The van der Waals surface area contributed by atoms with Crippen LogP contribution in [0.25, 0.3) is 11.1 Å². The molecule has 2 aromatic carbocycles. The normalized spacial score (nSPS) is 14.4. The summed E-state index contributed by atoms with van der Waals surface area (Å²) in [6.07, 6.45) is 6.17. The molecule has 3 aromatic rings. The van der Waals surface area contributed by atoms with Crippen molar-refractivity contribution in [1.82, 2.24) is 9.88 Å². The number of anilines is 2. The number of aliphatic carboxylic acids is 1. The number of unbranched alkanes of at least 4 members (excludes halogenated alkanes) is 1. The van der Waals surface area contributed by atoms with Crippen molar-refractivity contribution >= 4 is 29.2 Å². The van der Waals surface area contributed by atoms with Crippen LogP contribution in [0.5, 0.6) is 0 Å². The molecule has 4 rings (SSSR count). The van der Waals surface area contributed by atoms with Gasteiger partial charge in [-0.25, -0.2) is 0 Å². The Balaban J connectivity index is 1.60. The van der Waals surface area contributed by atoms with E-state index in [0.717, 1.165) is 53.9 Å². The molecule has 0 radical (unpaired) electrons. The molecule has 41 heavy (non-hydrogen) atoms. The van der Waals surface area contributed by atoms with Gasteiger partial charge in [-0.1, -0.05) is 37.6 Å². The van der Waals surface area contributed by atoms with Gasteiger partial charge >= 0.3 is 5.97 Å². The van der Waals surface area contributed by atoms with Crippen molar-refractivity contribution in [3.63, 3.8) is 0 Å². The SMILES string of the molecule is CCCCN(C)c1ccc(-c2cccc(CN(CCC(=O)O)C(=O)c3cccnc3)c2)cc1NC(=O)C1CCCO1. The summed E-state index contributed by atoms with van der Waals surface area (Å²) in [4.78, 5) is 45.2. The molecule has 2 N–H and O–H groups in total.